The molecule has 0 fully saturated rings. The topological polar surface area (TPSA) is 104 Å². The van der Waals surface area contributed by atoms with Crippen molar-refractivity contribution >= 4 is 24.7 Å². The largest absolute Gasteiger partial charge is 4.00 e. The van der Waals surface area contributed by atoms with Crippen molar-refractivity contribution in [2.45, 2.75) is 174 Å². The standard InChI is InChI=1S/C33H75N4Si3.N3.U/c1-25(2)38(26(3)4,27(5)6)34-19-22-37(23-20-35-39(28(7)8,29(9)10)30(11)12)24-21-36-40(31(13)14,32(15)16)33(17)18;1-3-2;/h25-33H,19-24H2,1-18H3;;/q-3;-1;+4. The summed E-state index contributed by atoms with van der Waals surface area (Å²) < 4.78 is 0. The van der Waals surface area contributed by atoms with Crippen molar-refractivity contribution < 1.29 is 31.1 Å². The number of nitrogens with zero attached hydrogens (tertiary/aromatic N) is 7. The zero-order valence-electron chi connectivity index (χ0n) is 32.6. The zero-order chi connectivity index (χ0) is 34.3. The summed E-state index contributed by atoms with van der Waals surface area (Å²) in [6.07, 6.45) is 0. The van der Waals surface area contributed by atoms with Crippen molar-refractivity contribution in [3.05, 3.63) is 30.9 Å². The van der Waals surface area contributed by atoms with Gasteiger partial charge in [0.05, 0.1) is 0 Å². The SMILES string of the molecule is CC(C)[Si]([N-]CCN(CC[N-][Si](C(C)C)(C(C)C)C(C)C)CC[N-][Si](C(C)C)(C(C)C)C(C)C)(C(C)C)C(C)C.[N-]=[N+]=[N-].[U+4]. The van der Waals surface area contributed by atoms with Crippen LogP contribution in [0, 0.1) is 31.1 Å². The zero-order valence-corrected chi connectivity index (χ0v) is 39.7. The molecular weight excluding hydrogens is 817 g/mol. The second-order valence-electron chi connectivity index (χ2n) is 15.6. The van der Waals surface area contributed by atoms with Gasteiger partial charge in [0.1, 0.15) is 0 Å². The maximum Gasteiger partial charge on any atom is 4.00 e. The van der Waals surface area contributed by atoms with Crippen LogP contribution in [0.25, 0.3) is 30.9 Å². The van der Waals surface area contributed by atoms with Crippen molar-refractivity contribution in [3.8, 4) is 0 Å². The molecule has 0 saturated carbocycles. The van der Waals surface area contributed by atoms with Gasteiger partial charge in [0.25, 0.3) is 0 Å². The first-order chi connectivity index (χ1) is 19.7. The van der Waals surface area contributed by atoms with Crippen LogP contribution in [0.5, 0.6) is 0 Å². The van der Waals surface area contributed by atoms with Crippen LogP contribution in [-0.2, 0) is 0 Å². The number of hydrogen-bond donors (Lipinski definition) is 0. The summed E-state index contributed by atoms with van der Waals surface area (Å²) >= 11 is 0. The third-order valence-electron chi connectivity index (χ3n) is 10.7. The predicted molar refractivity (Wildman–Crippen MR) is 204 cm³/mol. The van der Waals surface area contributed by atoms with Crippen molar-refractivity contribution in [2.24, 2.45) is 0 Å². The van der Waals surface area contributed by atoms with Crippen LogP contribution in [0.4, 0.5) is 0 Å². The van der Waals surface area contributed by atoms with Gasteiger partial charge in [-0.15, -0.1) is 19.6 Å². The fraction of sp³-hybridized carbons (Fsp3) is 1.00. The molecule has 0 aromatic carbocycles. The normalized spacial score (nSPS) is 13.3. The molecule has 0 unspecified atom stereocenters. The van der Waals surface area contributed by atoms with E-state index in [0.29, 0.717) is 49.9 Å². The Kier molecular flexibility index (Phi) is 26.0. The minimum Gasteiger partial charge on any atom is -0.663 e. The van der Waals surface area contributed by atoms with Gasteiger partial charge in [-0.25, -0.2) is 0 Å². The average molecular weight is 892 g/mol. The molecule has 0 atom stereocenters. The summed E-state index contributed by atoms with van der Waals surface area (Å²) in [5.74, 6) is 0. The Morgan fingerprint density at radius 3 is 0.659 bits per heavy atom. The van der Waals surface area contributed by atoms with Crippen molar-refractivity contribution in [1.82, 2.24) is 4.90 Å². The fourth-order valence-corrected chi connectivity index (χ4v) is 25.9. The molecule has 0 rings (SSSR count). The van der Waals surface area contributed by atoms with Crippen molar-refractivity contribution in [3.63, 3.8) is 0 Å². The number of rotatable bonds is 21. The molecule has 0 aliphatic carbocycles. The van der Waals surface area contributed by atoms with Gasteiger partial charge in [-0.3, -0.25) is 4.91 Å². The van der Waals surface area contributed by atoms with Gasteiger partial charge in [0.2, 0.25) is 0 Å². The Labute approximate surface area is 303 Å². The fourth-order valence-electron chi connectivity index (χ4n) is 9.13. The van der Waals surface area contributed by atoms with Crippen LogP contribution >= 0.6 is 0 Å². The van der Waals surface area contributed by atoms with Crippen LogP contribution in [0.3, 0.4) is 0 Å². The molecule has 0 aromatic heterocycles. The molecule has 0 aliphatic rings. The monoisotopic (exact) mass is 892 g/mol. The summed E-state index contributed by atoms with van der Waals surface area (Å²) in [6, 6.07) is 0. The van der Waals surface area contributed by atoms with Crippen molar-refractivity contribution in [2.75, 3.05) is 39.3 Å². The first-order valence-electron chi connectivity index (χ1n) is 17.5. The number of hydrogen-bond acceptors (Lipinski definition) is 1. The molecule has 0 aliphatic heterocycles. The van der Waals surface area contributed by atoms with E-state index < -0.39 is 24.7 Å². The Hall–Kier alpha value is 0.853. The smallest absolute Gasteiger partial charge is 0.663 e. The Morgan fingerprint density at radius 2 is 0.545 bits per heavy atom. The van der Waals surface area contributed by atoms with E-state index in [2.05, 4.69) is 130 Å². The van der Waals surface area contributed by atoms with E-state index in [-0.39, 0.29) is 31.1 Å². The van der Waals surface area contributed by atoms with E-state index in [1.165, 1.54) is 4.91 Å². The maximum atomic E-state index is 6.75. The maximum absolute atomic E-state index is 6.75. The Balaban J connectivity index is -0.00000402. The molecule has 0 N–H and O–H groups in total. The molecule has 0 heterocycles. The average Bonchev–Trinajstić information content (AvgIpc) is 2.84. The Bertz CT molecular complexity index is 613. The molecule has 0 aromatic rings. The minimum atomic E-state index is -1.74. The minimum absolute atomic E-state index is 0. The third kappa shape index (κ3) is 13.0. The molecule has 0 radical (unpaired) electrons. The van der Waals surface area contributed by atoms with Gasteiger partial charge in [-0.2, -0.15) is 0 Å². The molecule has 0 bridgehead atoms. The first-order valence-corrected chi connectivity index (χ1v) is 24.0. The van der Waals surface area contributed by atoms with E-state index in [9.17, 15) is 0 Å². The molecular formula is C33H75N7Si3U. The van der Waals surface area contributed by atoms with Crippen LogP contribution < -0.4 is 0 Å². The van der Waals surface area contributed by atoms with Gasteiger partial charge in [-0.1, -0.05) is 174 Å². The van der Waals surface area contributed by atoms with Crippen LogP contribution in [-0.4, -0.2) is 68.9 Å². The van der Waals surface area contributed by atoms with Gasteiger partial charge in [0.15, 0.2) is 0 Å². The van der Waals surface area contributed by atoms with Gasteiger partial charge < -0.3 is 30.9 Å². The quantitative estimate of drug-likeness (QED) is 0.0487. The van der Waals surface area contributed by atoms with E-state index in [4.69, 9.17) is 26.0 Å². The molecule has 0 spiro atoms. The predicted octanol–water partition coefficient (Wildman–Crippen LogP) is 12.8. The second-order valence-corrected chi connectivity index (χ2v) is 32.3. The van der Waals surface area contributed by atoms with E-state index in [1.54, 1.807) is 0 Å². The summed E-state index contributed by atoms with van der Waals surface area (Å²) in [5.41, 5.74) is 19.6. The Morgan fingerprint density at radius 1 is 0.409 bits per heavy atom. The molecule has 7 nitrogen and oxygen atoms in total. The molecule has 0 saturated heterocycles. The third-order valence-corrected chi connectivity index (χ3v) is 29.7. The second kappa shape index (κ2) is 23.2. The van der Waals surface area contributed by atoms with Gasteiger partial charge in [-0.05, 0) is 44.3 Å². The van der Waals surface area contributed by atoms with Crippen LogP contribution in [0.15, 0.2) is 0 Å². The summed E-state index contributed by atoms with van der Waals surface area (Å²) in [6.45, 7) is 49.7. The van der Waals surface area contributed by atoms with E-state index >= 15 is 0 Å². The van der Waals surface area contributed by atoms with Gasteiger partial charge in [0, 0.05) is 0 Å². The summed E-state index contributed by atoms with van der Waals surface area (Å²) in [7, 11) is -5.22. The van der Waals surface area contributed by atoms with Crippen LogP contribution in [0.2, 0.25) is 49.9 Å². The molecule has 11 heteroatoms. The molecule has 258 valence electrons. The van der Waals surface area contributed by atoms with E-state index in [1.807, 2.05) is 0 Å². The summed E-state index contributed by atoms with van der Waals surface area (Å²) in [4.78, 5) is 21.1. The summed E-state index contributed by atoms with van der Waals surface area (Å²) in [5, 5.41) is 0. The van der Waals surface area contributed by atoms with Crippen LogP contribution in [0.1, 0.15) is 125 Å². The van der Waals surface area contributed by atoms with Gasteiger partial charge >= 0.3 is 31.1 Å². The molecule has 44 heavy (non-hydrogen) atoms. The molecule has 0 amide bonds. The van der Waals surface area contributed by atoms with E-state index in [0.717, 1.165) is 39.3 Å². The van der Waals surface area contributed by atoms with Crippen molar-refractivity contribution in [1.29, 1.82) is 0 Å². The first kappa shape index (κ1) is 49.2.